The number of thiazole rings is 1. The van der Waals surface area contributed by atoms with Gasteiger partial charge in [-0.2, -0.15) is 0 Å². The molecule has 0 bridgehead atoms. The Labute approximate surface area is 160 Å². The summed E-state index contributed by atoms with van der Waals surface area (Å²) in [6.45, 7) is 0.777. The van der Waals surface area contributed by atoms with Gasteiger partial charge < -0.3 is 20.1 Å². The molecular formula is C18H18N4O4S. The van der Waals surface area contributed by atoms with Crippen molar-refractivity contribution in [3.8, 4) is 12.3 Å². The molecule has 1 aliphatic rings. The van der Waals surface area contributed by atoms with E-state index in [1.807, 2.05) is 0 Å². The molecule has 1 aromatic carbocycles. The first-order valence-electron chi connectivity index (χ1n) is 8.19. The number of urea groups is 1. The van der Waals surface area contributed by atoms with Crippen LogP contribution in [0.4, 0.5) is 16.3 Å². The van der Waals surface area contributed by atoms with E-state index in [4.69, 9.17) is 11.2 Å². The number of morpholine rings is 1. The number of nitrogens with zero attached hydrogens (tertiary/aromatic N) is 2. The number of aliphatic hydroxyl groups is 1. The number of aliphatic hydroxyl groups excluding tert-OH is 1. The van der Waals surface area contributed by atoms with E-state index in [1.54, 1.807) is 34.5 Å². The summed E-state index contributed by atoms with van der Waals surface area (Å²) in [5.41, 5.74) is 1.46. The second-order valence-electron chi connectivity index (χ2n) is 5.71. The molecule has 0 spiro atoms. The van der Waals surface area contributed by atoms with Crippen molar-refractivity contribution in [1.29, 1.82) is 0 Å². The lowest BCUT2D eigenvalue weighted by molar-refractivity contribution is -0.125. The number of benzene rings is 1. The maximum atomic E-state index is 12.1. The minimum absolute atomic E-state index is 0.0702. The monoisotopic (exact) mass is 386 g/mol. The Kier molecular flexibility index (Phi) is 6.03. The molecule has 0 aliphatic carbocycles. The molecule has 140 valence electrons. The second kappa shape index (κ2) is 8.64. The summed E-state index contributed by atoms with van der Waals surface area (Å²) in [6.07, 6.45) is 5.25. The van der Waals surface area contributed by atoms with Crippen LogP contribution in [0.1, 0.15) is 16.6 Å². The van der Waals surface area contributed by atoms with E-state index < -0.39 is 12.1 Å². The molecule has 0 saturated carbocycles. The highest BCUT2D eigenvalue weighted by Gasteiger charge is 2.21. The van der Waals surface area contributed by atoms with Gasteiger partial charge in [0.2, 0.25) is 0 Å². The maximum absolute atomic E-state index is 12.1. The molecule has 1 aliphatic heterocycles. The van der Waals surface area contributed by atoms with Crippen molar-refractivity contribution < 1.29 is 19.4 Å². The molecule has 1 aromatic heterocycles. The number of anilines is 2. The van der Waals surface area contributed by atoms with Crippen molar-refractivity contribution in [2.45, 2.75) is 6.04 Å². The Morgan fingerprint density at radius 1 is 1.44 bits per heavy atom. The van der Waals surface area contributed by atoms with Gasteiger partial charge in [-0.3, -0.25) is 10.1 Å². The third-order valence-corrected chi connectivity index (χ3v) is 4.72. The van der Waals surface area contributed by atoms with Gasteiger partial charge in [0.05, 0.1) is 19.3 Å². The predicted molar refractivity (Wildman–Crippen MR) is 102 cm³/mol. The number of rotatable bonds is 5. The maximum Gasteiger partial charge on any atom is 0.320 e. The molecule has 3 N–H and O–H groups in total. The number of aromatic nitrogens is 1. The molecule has 8 nitrogen and oxygen atoms in total. The Morgan fingerprint density at radius 2 is 2.22 bits per heavy atom. The third-order valence-electron chi connectivity index (χ3n) is 3.95. The standard InChI is InChI=1S/C18H18N4O4S/c1-2-16-20-15(11-27-16)21-18(25)19-14(9-23)12-3-5-13(6-4-12)22-7-8-26-10-17(22)24/h1,3-6,11,14,23H,7-10H2,(H2,19,21,25)/t14-/m0/s1. The lowest BCUT2D eigenvalue weighted by Gasteiger charge is -2.27. The summed E-state index contributed by atoms with van der Waals surface area (Å²) in [7, 11) is 0. The molecule has 0 radical (unpaired) electrons. The number of hydrogen-bond donors (Lipinski definition) is 3. The first-order chi connectivity index (χ1) is 13.1. The van der Waals surface area contributed by atoms with Gasteiger partial charge in [-0.25, -0.2) is 9.78 Å². The molecule has 1 atom stereocenters. The van der Waals surface area contributed by atoms with Crippen LogP contribution in [0.5, 0.6) is 0 Å². The minimum Gasteiger partial charge on any atom is -0.394 e. The smallest absolute Gasteiger partial charge is 0.320 e. The van der Waals surface area contributed by atoms with Gasteiger partial charge in [0.15, 0.2) is 5.01 Å². The summed E-state index contributed by atoms with van der Waals surface area (Å²) in [4.78, 5) is 29.7. The molecule has 9 heteroatoms. The number of amides is 3. The molecule has 2 heterocycles. The van der Waals surface area contributed by atoms with Crippen LogP contribution in [-0.2, 0) is 9.53 Å². The van der Waals surface area contributed by atoms with Crippen molar-refractivity contribution in [2.75, 3.05) is 36.6 Å². The summed E-state index contributed by atoms with van der Waals surface area (Å²) in [5.74, 6) is 2.65. The van der Waals surface area contributed by atoms with E-state index in [9.17, 15) is 14.7 Å². The predicted octanol–water partition coefficient (Wildman–Crippen LogP) is 1.34. The van der Waals surface area contributed by atoms with Gasteiger partial charge in [0, 0.05) is 17.6 Å². The van der Waals surface area contributed by atoms with Crippen molar-refractivity contribution in [3.05, 3.63) is 40.2 Å². The van der Waals surface area contributed by atoms with E-state index in [1.165, 1.54) is 11.3 Å². The van der Waals surface area contributed by atoms with Gasteiger partial charge in [0.25, 0.3) is 5.91 Å². The number of carbonyl (C=O) groups is 2. The molecule has 1 saturated heterocycles. The Morgan fingerprint density at radius 3 is 2.85 bits per heavy atom. The molecule has 2 aromatic rings. The van der Waals surface area contributed by atoms with E-state index >= 15 is 0 Å². The molecule has 0 unspecified atom stereocenters. The third kappa shape index (κ3) is 4.62. The van der Waals surface area contributed by atoms with Crippen LogP contribution >= 0.6 is 11.3 Å². The number of ether oxygens (including phenoxy) is 1. The molecule has 3 rings (SSSR count). The van der Waals surface area contributed by atoms with Gasteiger partial charge in [-0.05, 0) is 23.6 Å². The number of carbonyl (C=O) groups excluding carboxylic acids is 2. The fourth-order valence-electron chi connectivity index (χ4n) is 2.62. The van der Waals surface area contributed by atoms with E-state index in [2.05, 4.69) is 21.5 Å². The summed E-state index contributed by atoms with van der Waals surface area (Å²) < 4.78 is 5.12. The van der Waals surface area contributed by atoms with E-state index in [0.717, 1.165) is 5.69 Å². The van der Waals surface area contributed by atoms with E-state index in [-0.39, 0.29) is 19.1 Å². The first-order valence-corrected chi connectivity index (χ1v) is 9.07. The normalized spacial score (nSPS) is 15.1. The summed E-state index contributed by atoms with van der Waals surface area (Å²) in [6, 6.07) is 5.97. The first kappa shape index (κ1) is 18.8. The molecule has 3 amide bonds. The van der Waals surface area contributed by atoms with Crippen LogP contribution in [0.3, 0.4) is 0 Å². The van der Waals surface area contributed by atoms with Crippen LogP contribution in [-0.4, -0.2) is 48.4 Å². The van der Waals surface area contributed by atoms with Crippen LogP contribution < -0.4 is 15.5 Å². The topological polar surface area (TPSA) is 104 Å². The average molecular weight is 386 g/mol. The Bertz CT molecular complexity index is 859. The zero-order chi connectivity index (χ0) is 19.2. The number of hydrogen-bond acceptors (Lipinski definition) is 6. The van der Waals surface area contributed by atoms with Crippen molar-refractivity contribution in [1.82, 2.24) is 10.3 Å². The van der Waals surface area contributed by atoms with Crippen LogP contribution in [0.25, 0.3) is 0 Å². The average Bonchev–Trinajstić information content (AvgIpc) is 3.14. The van der Waals surface area contributed by atoms with Gasteiger partial charge in [0.1, 0.15) is 12.4 Å². The lowest BCUT2D eigenvalue weighted by Crippen LogP contribution is -2.41. The SMILES string of the molecule is C#Cc1nc(NC(=O)N[C@@H](CO)c2ccc(N3CCOCC3=O)cc2)cs1. The van der Waals surface area contributed by atoms with E-state index in [0.29, 0.717) is 29.5 Å². The summed E-state index contributed by atoms with van der Waals surface area (Å²) in [5, 5.41) is 17.0. The zero-order valence-corrected chi connectivity index (χ0v) is 15.2. The highest BCUT2D eigenvalue weighted by molar-refractivity contribution is 7.10. The zero-order valence-electron chi connectivity index (χ0n) is 14.3. The fraction of sp³-hybridized carbons (Fsp3) is 0.278. The fourth-order valence-corrected chi connectivity index (χ4v) is 3.17. The van der Waals surface area contributed by atoms with Gasteiger partial charge >= 0.3 is 6.03 Å². The second-order valence-corrected chi connectivity index (χ2v) is 6.56. The summed E-state index contributed by atoms with van der Waals surface area (Å²) >= 11 is 1.25. The number of nitrogens with one attached hydrogen (secondary N) is 2. The van der Waals surface area contributed by atoms with Gasteiger partial charge in [-0.15, -0.1) is 17.8 Å². The Hall–Kier alpha value is -2.93. The minimum atomic E-state index is -0.606. The molecular weight excluding hydrogens is 368 g/mol. The number of terminal acetylenes is 1. The molecule has 27 heavy (non-hydrogen) atoms. The molecule has 1 fully saturated rings. The van der Waals surface area contributed by atoms with Crippen LogP contribution in [0, 0.1) is 12.3 Å². The van der Waals surface area contributed by atoms with Crippen LogP contribution in [0.2, 0.25) is 0 Å². The quantitative estimate of drug-likeness (QED) is 0.673. The van der Waals surface area contributed by atoms with Crippen molar-refractivity contribution in [2.24, 2.45) is 0 Å². The lowest BCUT2D eigenvalue weighted by atomic mass is 10.1. The van der Waals surface area contributed by atoms with Crippen molar-refractivity contribution in [3.63, 3.8) is 0 Å². The van der Waals surface area contributed by atoms with Crippen LogP contribution in [0.15, 0.2) is 29.6 Å². The highest BCUT2D eigenvalue weighted by Crippen LogP contribution is 2.21. The Balaban J connectivity index is 1.63. The van der Waals surface area contributed by atoms with Gasteiger partial charge in [-0.1, -0.05) is 12.1 Å². The van der Waals surface area contributed by atoms with Crippen molar-refractivity contribution >= 4 is 34.8 Å². The largest absolute Gasteiger partial charge is 0.394 e. The highest BCUT2D eigenvalue weighted by atomic mass is 32.1.